The topological polar surface area (TPSA) is 19.6 Å². The van der Waals surface area contributed by atoms with Gasteiger partial charge in [-0.05, 0) is 203 Å². The first-order chi connectivity index (χ1) is 33.2. The summed E-state index contributed by atoms with van der Waals surface area (Å²) in [6, 6.07) is 76.3. The molecule has 0 radical (unpaired) electrons. The molecule has 0 saturated carbocycles. The van der Waals surface area contributed by atoms with Gasteiger partial charge in [0.1, 0.15) is 11.2 Å². The van der Waals surface area contributed by atoms with Gasteiger partial charge in [0.25, 0.3) is 0 Å². The van der Waals surface area contributed by atoms with Crippen molar-refractivity contribution in [3.63, 3.8) is 0 Å². The van der Waals surface area contributed by atoms with Crippen LogP contribution in [0.25, 0.3) is 65.7 Å². The van der Waals surface area contributed by atoms with Crippen LogP contribution >= 0.6 is 0 Å². The maximum Gasteiger partial charge on any atom is 0.136 e. The molecule has 11 aromatic rings. The Morgan fingerprint density at radius 2 is 0.672 bits per heavy atom. The second-order valence-corrected chi connectivity index (χ2v) is 18.6. The molecule has 10 aromatic carbocycles. The van der Waals surface area contributed by atoms with E-state index in [4.69, 9.17) is 4.42 Å². The second kappa shape index (κ2) is 16.5. The first-order valence-electron chi connectivity index (χ1n) is 24.2. The zero-order valence-electron chi connectivity index (χ0n) is 37.6. The quantitative estimate of drug-likeness (QED) is 0.152. The van der Waals surface area contributed by atoms with Crippen molar-refractivity contribution >= 4 is 77.6 Å². The molecule has 67 heavy (non-hydrogen) atoms. The molecule has 1 aromatic heterocycles. The zero-order chi connectivity index (χ0) is 44.3. The van der Waals surface area contributed by atoms with E-state index in [0.717, 1.165) is 81.1 Å². The van der Waals surface area contributed by atoms with Gasteiger partial charge in [-0.15, -0.1) is 0 Å². The van der Waals surface area contributed by atoms with Gasteiger partial charge in [0, 0.05) is 44.6 Å². The molecule has 2 aliphatic rings. The van der Waals surface area contributed by atoms with Crippen LogP contribution in [0.5, 0.6) is 0 Å². The fraction of sp³-hybridized carbons (Fsp3) is 0.125. The molecular formula is C64H50N2O. The van der Waals surface area contributed by atoms with Gasteiger partial charge in [-0.25, -0.2) is 0 Å². The third-order valence-corrected chi connectivity index (χ3v) is 14.5. The Morgan fingerprint density at radius 3 is 1.07 bits per heavy atom. The minimum absolute atomic E-state index is 0.896. The van der Waals surface area contributed by atoms with E-state index < -0.39 is 0 Å². The molecule has 2 aliphatic carbocycles. The lowest BCUT2D eigenvalue weighted by Gasteiger charge is -2.30. The number of hydrogen-bond acceptors (Lipinski definition) is 3. The summed E-state index contributed by atoms with van der Waals surface area (Å²) in [6.45, 7) is 0. The summed E-state index contributed by atoms with van der Waals surface area (Å²) in [5, 5.41) is 6.94. The molecule has 0 aliphatic heterocycles. The Balaban J connectivity index is 0.935. The number of fused-ring (bicyclic) bond motifs is 7. The number of benzene rings is 10. The average Bonchev–Trinajstić information content (AvgIpc) is 3.73. The van der Waals surface area contributed by atoms with Gasteiger partial charge in [0.2, 0.25) is 0 Å². The summed E-state index contributed by atoms with van der Waals surface area (Å²) < 4.78 is 6.86. The monoisotopic (exact) mass is 862 g/mol. The molecule has 3 heteroatoms. The van der Waals surface area contributed by atoms with Gasteiger partial charge >= 0.3 is 0 Å². The molecule has 0 bridgehead atoms. The lowest BCUT2D eigenvalue weighted by molar-refractivity contribution is 0.670. The van der Waals surface area contributed by atoms with E-state index in [1.54, 1.807) is 0 Å². The van der Waals surface area contributed by atoms with Crippen LogP contribution in [-0.2, 0) is 25.7 Å². The highest BCUT2D eigenvalue weighted by Gasteiger charge is 2.24. The van der Waals surface area contributed by atoms with E-state index in [9.17, 15) is 0 Å². The summed E-state index contributed by atoms with van der Waals surface area (Å²) in [5.74, 6) is 0. The van der Waals surface area contributed by atoms with Crippen molar-refractivity contribution in [2.45, 2.75) is 51.4 Å². The summed E-state index contributed by atoms with van der Waals surface area (Å²) in [4.78, 5) is 4.91. The van der Waals surface area contributed by atoms with Crippen LogP contribution in [0.2, 0.25) is 0 Å². The lowest BCUT2D eigenvalue weighted by atomic mass is 9.87. The Hall–Kier alpha value is -7.88. The van der Waals surface area contributed by atoms with Crippen molar-refractivity contribution in [2.75, 3.05) is 9.80 Å². The molecule has 3 nitrogen and oxygen atoms in total. The van der Waals surface area contributed by atoms with Crippen molar-refractivity contribution in [1.29, 1.82) is 0 Å². The van der Waals surface area contributed by atoms with Crippen LogP contribution in [0, 0.1) is 0 Å². The minimum atomic E-state index is 0.896. The van der Waals surface area contributed by atoms with Crippen LogP contribution in [0.1, 0.15) is 47.9 Å². The fourth-order valence-electron chi connectivity index (χ4n) is 11.1. The van der Waals surface area contributed by atoms with Crippen LogP contribution in [0.15, 0.2) is 211 Å². The van der Waals surface area contributed by atoms with E-state index >= 15 is 0 Å². The van der Waals surface area contributed by atoms with E-state index in [2.05, 4.69) is 216 Å². The highest BCUT2D eigenvalue weighted by Crippen LogP contribution is 2.47. The van der Waals surface area contributed by atoms with Crippen LogP contribution in [0.3, 0.4) is 0 Å². The molecule has 0 atom stereocenters. The summed E-state index contributed by atoms with van der Waals surface area (Å²) in [5.41, 5.74) is 19.6. The standard InChI is InChI=1S/C64H50N2O/c1-5-17-43(18-6-1)57-35-45-21-13-15-23-47(45)39-61(57)65(53-25-9-3-10-26-53)55-31-29-49-37-59-60-38-50-30-32-56(34-52(50)42-64(60)67-63(59)41-51(49)33-55)66(54-27-11-4-12-28-54)62-40-48-24-16-14-22-46(48)36-58(62)44-19-7-2-8-20-44/h1-12,17-20,25-42H,13-16,21-24H2. The van der Waals surface area contributed by atoms with Gasteiger partial charge in [0.15, 0.2) is 0 Å². The molecule has 0 fully saturated rings. The zero-order valence-corrected chi connectivity index (χ0v) is 37.6. The smallest absolute Gasteiger partial charge is 0.136 e. The molecule has 322 valence electrons. The Morgan fingerprint density at radius 1 is 0.299 bits per heavy atom. The van der Waals surface area contributed by atoms with E-state index in [1.807, 2.05) is 0 Å². The van der Waals surface area contributed by atoms with Crippen LogP contribution in [0.4, 0.5) is 34.1 Å². The second-order valence-electron chi connectivity index (χ2n) is 18.6. The van der Waals surface area contributed by atoms with Crippen LogP contribution < -0.4 is 9.80 Å². The van der Waals surface area contributed by atoms with E-state index in [-0.39, 0.29) is 0 Å². The first kappa shape index (κ1) is 39.5. The number of hydrogen-bond donors (Lipinski definition) is 0. The van der Waals surface area contributed by atoms with Crippen molar-refractivity contribution < 1.29 is 4.42 Å². The van der Waals surface area contributed by atoms with Crippen molar-refractivity contribution in [3.05, 3.63) is 229 Å². The molecule has 0 spiro atoms. The number of anilines is 6. The summed E-state index contributed by atoms with van der Waals surface area (Å²) >= 11 is 0. The third kappa shape index (κ3) is 7.14. The lowest BCUT2D eigenvalue weighted by Crippen LogP contribution is -2.13. The van der Waals surface area contributed by atoms with E-state index in [0.29, 0.717) is 0 Å². The van der Waals surface area contributed by atoms with Gasteiger partial charge in [-0.1, -0.05) is 109 Å². The van der Waals surface area contributed by atoms with Gasteiger partial charge in [0.05, 0.1) is 11.4 Å². The predicted molar refractivity (Wildman–Crippen MR) is 282 cm³/mol. The average molecular weight is 863 g/mol. The maximum absolute atomic E-state index is 6.86. The normalized spacial score (nSPS) is 13.5. The highest BCUT2D eigenvalue weighted by molar-refractivity contribution is 6.14. The summed E-state index contributed by atoms with van der Waals surface area (Å²) in [7, 11) is 0. The predicted octanol–water partition coefficient (Wildman–Crippen LogP) is 17.9. The Labute approximate surface area is 392 Å². The number of rotatable bonds is 8. The maximum atomic E-state index is 6.86. The molecule has 0 unspecified atom stereocenters. The van der Waals surface area contributed by atoms with Gasteiger partial charge in [-0.3, -0.25) is 0 Å². The van der Waals surface area contributed by atoms with E-state index in [1.165, 1.54) is 92.3 Å². The van der Waals surface area contributed by atoms with Crippen molar-refractivity contribution in [1.82, 2.24) is 0 Å². The molecule has 0 amide bonds. The molecule has 0 N–H and O–H groups in total. The number of nitrogens with zero attached hydrogens (tertiary/aromatic N) is 2. The third-order valence-electron chi connectivity index (χ3n) is 14.5. The van der Waals surface area contributed by atoms with Crippen molar-refractivity contribution in [2.24, 2.45) is 0 Å². The van der Waals surface area contributed by atoms with Gasteiger partial charge < -0.3 is 14.2 Å². The number of aryl methyl sites for hydroxylation is 4. The number of para-hydroxylation sites is 2. The minimum Gasteiger partial charge on any atom is -0.456 e. The first-order valence-corrected chi connectivity index (χ1v) is 24.2. The highest BCUT2D eigenvalue weighted by atomic mass is 16.3. The number of furan rings is 1. The molecule has 13 rings (SSSR count). The fourth-order valence-corrected chi connectivity index (χ4v) is 11.1. The Bertz CT molecular complexity index is 3390. The molecular weight excluding hydrogens is 813 g/mol. The summed E-state index contributed by atoms with van der Waals surface area (Å²) in [6.07, 6.45) is 9.48. The largest absolute Gasteiger partial charge is 0.456 e. The SMILES string of the molecule is c1ccc(-c2cc3c(cc2N(c2ccccc2)c2ccc4cc5c(cc4c2)oc2cc4cc(N(c6ccccc6)c6cc7c(cc6-c6ccccc6)CCCC7)ccc4cc25)CCCC3)cc1. The molecule has 0 saturated heterocycles. The molecule has 1 heterocycles. The van der Waals surface area contributed by atoms with Crippen molar-refractivity contribution in [3.8, 4) is 22.3 Å². The Kier molecular flexibility index (Phi) is 9.74. The van der Waals surface area contributed by atoms with Gasteiger partial charge in [-0.2, -0.15) is 0 Å². The van der Waals surface area contributed by atoms with Crippen LogP contribution in [-0.4, -0.2) is 0 Å².